The average molecular weight is 362 g/mol. The Kier molecular flexibility index (Phi) is 5.08. The number of rotatable bonds is 4. The van der Waals surface area contributed by atoms with Gasteiger partial charge in [-0.15, -0.1) is 6.42 Å². The SMILES string of the molecule is C#Cc1cccc(NC(=O)CNC(=O)c2ccc3c(c2)NC(=O)CN3C)c1. The predicted molar refractivity (Wildman–Crippen MR) is 104 cm³/mol. The summed E-state index contributed by atoms with van der Waals surface area (Å²) in [6.07, 6.45) is 5.33. The van der Waals surface area contributed by atoms with Gasteiger partial charge in [-0.25, -0.2) is 0 Å². The fraction of sp³-hybridized carbons (Fsp3) is 0.150. The molecule has 136 valence electrons. The summed E-state index contributed by atoms with van der Waals surface area (Å²) in [4.78, 5) is 37.8. The second kappa shape index (κ2) is 7.62. The van der Waals surface area contributed by atoms with E-state index in [0.29, 0.717) is 22.5 Å². The average Bonchev–Trinajstić information content (AvgIpc) is 2.65. The second-order valence-corrected chi connectivity index (χ2v) is 6.09. The van der Waals surface area contributed by atoms with Gasteiger partial charge in [0, 0.05) is 23.9 Å². The summed E-state index contributed by atoms with van der Waals surface area (Å²) >= 11 is 0. The third kappa shape index (κ3) is 4.25. The molecule has 0 unspecified atom stereocenters. The minimum atomic E-state index is -0.409. The maximum absolute atomic E-state index is 12.3. The van der Waals surface area contributed by atoms with Crippen molar-refractivity contribution in [3.63, 3.8) is 0 Å². The Bertz CT molecular complexity index is 962. The van der Waals surface area contributed by atoms with E-state index in [1.165, 1.54) is 0 Å². The van der Waals surface area contributed by atoms with Crippen LogP contribution in [-0.2, 0) is 9.59 Å². The third-order valence-corrected chi connectivity index (χ3v) is 4.05. The van der Waals surface area contributed by atoms with E-state index >= 15 is 0 Å². The molecule has 0 saturated carbocycles. The lowest BCUT2D eigenvalue weighted by Gasteiger charge is -2.27. The summed E-state index contributed by atoms with van der Waals surface area (Å²) in [6.45, 7) is 0.0715. The molecule has 0 radical (unpaired) electrons. The van der Waals surface area contributed by atoms with Gasteiger partial charge in [0.05, 0.1) is 24.5 Å². The monoisotopic (exact) mass is 362 g/mol. The van der Waals surface area contributed by atoms with Crippen molar-refractivity contribution in [3.05, 3.63) is 53.6 Å². The van der Waals surface area contributed by atoms with E-state index < -0.39 is 5.91 Å². The van der Waals surface area contributed by atoms with Crippen molar-refractivity contribution in [3.8, 4) is 12.3 Å². The van der Waals surface area contributed by atoms with Crippen LogP contribution in [0.15, 0.2) is 42.5 Å². The van der Waals surface area contributed by atoms with Crippen LogP contribution in [0.5, 0.6) is 0 Å². The number of fused-ring (bicyclic) bond motifs is 1. The van der Waals surface area contributed by atoms with E-state index in [1.54, 1.807) is 54.4 Å². The number of likely N-dealkylation sites (N-methyl/N-ethyl adjacent to an activating group) is 1. The number of amides is 3. The first-order valence-electron chi connectivity index (χ1n) is 8.26. The van der Waals surface area contributed by atoms with Crippen molar-refractivity contribution in [1.29, 1.82) is 0 Å². The molecule has 3 N–H and O–H groups in total. The topological polar surface area (TPSA) is 90.5 Å². The number of nitrogens with one attached hydrogen (secondary N) is 3. The predicted octanol–water partition coefficient (Wildman–Crippen LogP) is 1.42. The summed E-state index contributed by atoms with van der Waals surface area (Å²) in [6, 6.07) is 11.9. The minimum absolute atomic E-state index is 0.142. The highest BCUT2D eigenvalue weighted by atomic mass is 16.2. The van der Waals surface area contributed by atoms with Gasteiger partial charge in [0.25, 0.3) is 5.91 Å². The lowest BCUT2D eigenvalue weighted by molar-refractivity contribution is -0.116. The van der Waals surface area contributed by atoms with Gasteiger partial charge < -0.3 is 20.9 Å². The van der Waals surface area contributed by atoms with Crippen molar-refractivity contribution < 1.29 is 14.4 Å². The number of terminal acetylenes is 1. The fourth-order valence-corrected chi connectivity index (χ4v) is 2.76. The van der Waals surface area contributed by atoms with E-state index in [-0.39, 0.29) is 24.9 Å². The highest BCUT2D eigenvalue weighted by Gasteiger charge is 2.20. The first-order chi connectivity index (χ1) is 13.0. The van der Waals surface area contributed by atoms with E-state index in [2.05, 4.69) is 21.9 Å². The first kappa shape index (κ1) is 18.0. The number of hydrogen-bond acceptors (Lipinski definition) is 4. The second-order valence-electron chi connectivity index (χ2n) is 6.09. The number of nitrogens with zero attached hydrogens (tertiary/aromatic N) is 1. The normalized spacial score (nSPS) is 12.4. The maximum atomic E-state index is 12.3. The van der Waals surface area contributed by atoms with Crippen LogP contribution in [0.4, 0.5) is 17.1 Å². The fourth-order valence-electron chi connectivity index (χ4n) is 2.76. The van der Waals surface area contributed by atoms with Crippen LogP contribution in [-0.4, -0.2) is 37.9 Å². The number of anilines is 3. The minimum Gasteiger partial charge on any atom is -0.364 e. The highest BCUT2D eigenvalue weighted by Crippen LogP contribution is 2.29. The van der Waals surface area contributed by atoms with Gasteiger partial charge in [0.2, 0.25) is 11.8 Å². The molecule has 7 nitrogen and oxygen atoms in total. The zero-order valence-electron chi connectivity index (χ0n) is 14.7. The standard InChI is InChI=1S/C20H18N4O3/c1-3-13-5-4-6-15(9-13)22-18(25)11-21-20(27)14-7-8-17-16(10-14)23-19(26)12-24(17)2/h1,4-10H,11-12H2,2H3,(H,21,27)(H,22,25)(H,23,26). The van der Waals surface area contributed by atoms with Gasteiger partial charge >= 0.3 is 0 Å². The quantitative estimate of drug-likeness (QED) is 0.718. The Morgan fingerprint density at radius 1 is 1.26 bits per heavy atom. The van der Waals surface area contributed by atoms with Gasteiger partial charge in [-0.05, 0) is 36.4 Å². The number of hydrogen-bond donors (Lipinski definition) is 3. The molecule has 2 aromatic rings. The largest absolute Gasteiger partial charge is 0.364 e. The van der Waals surface area contributed by atoms with Crippen molar-refractivity contribution >= 4 is 34.8 Å². The van der Waals surface area contributed by atoms with Crippen LogP contribution >= 0.6 is 0 Å². The van der Waals surface area contributed by atoms with Crippen molar-refractivity contribution in [1.82, 2.24) is 5.32 Å². The lowest BCUT2D eigenvalue weighted by Crippen LogP contribution is -2.36. The van der Waals surface area contributed by atoms with Gasteiger partial charge in [-0.2, -0.15) is 0 Å². The molecule has 1 heterocycles. The summed E-state index contributed by atoms with van der Waals surface area (Å²) in [5.41, 5.74) is 2.96. The van der Waals surface area contributed by atoms with Crippen molar-refractivity contribution in [2.45, 2.75) is 0 Å². The Balaban J connectivity index is 1.61. The van der Waals surface area contributed by atoms with E-state index in [0.717, 1.165) is 5.69 Å². The van der Waals surface area contributed by atoms with Crippen LogP contribution in [0.1, 0.15) is 15.9 Å². The van der Waals surface area contributed by atoms with Crippen LogP contribution < -0.4 is 20.9 Å². The van der Waals surface area contributed by atoms with Gasteiger partial charge in [-0.1, -0.05) is 12.0 Å². The highest BCUT2D eigenvalue weighted by molar-refractivity contribution is 6.04. The van der Waals surface area contributed by atoms with E-state index in [9.17, 15) is 14.4 Å². The molecule has 1 aliphatic heterocycles. The zero-order valence-corrected chi connectivity index (χ0v) is 14.7. The Morgan fingerprint density at radius 3 is 2.85 bits per heavy atom. The molecular weight excluding hydrogens is 344 g/mol. The van der Waals surface area contributed by atoms with Gasteiger partial charge in [-0.3, -0.25) is 14.4 Å². The van der Waals surface area contributed by atoms with Crippen molar-refractivity contribution in [2.75, 3.05) is 35.7 Å². The Hall–Kier alpha value is -3.79. The van der Waals surface area contributed by atoms with Crippen LogP contribution in [0.3, 0.4) is 0 Å². The summed E-state index contributed by atoms with van der Waals surface area (Å²) in [5.74, 6) is 1.57. The molecule has 0 bridgehead atoms. The third-order valence-electron chi connectivity index (χ3n) is 4.05. The molecule has 1 aliphatic rings. The molecule has 0 aromatic heterocycles. The summed E-state index contributed by atoms with van der Waals surface area (Å²) < 4.78 is 0. The van der Waals surface area contributed by atoms with E-state index in [1.807, 2.05) is 0 Å². The smallest absolute Gasteiger partial charge is 0.251 e. The zero-order chi connectivity index (χ0) is 19.4. The van der Waals surface area contributed by atoms with Crippen molar-refractivity contribution in [2.24, 2.45) is 0 Å². The van der Waals surface area contributed by atoms with E-state index in [4.69, 9.17) is 6.42 Å². The van der Waals surface area contributed by atoms with Crippen LogP contribution in [0, 0.1) is 12.3 Å². The Labute approximate surface area is 156 Å². The molecule has 7 heteroatoms. The molecule has 0 aliphatic carbocycles. The lowest BCUT2D eigenvalue weighted by atomic mass is 10.1. The summed E-state index contributed by atoms with van der Waals surface area (Å²) in [7, 11) is 1.80. The molecule has 27 heavy (non-hydrogen) atoms. The molecule has 3 amide bonds. The number of benzene rings is 2. The molecule has 3 rings (SSSR count). The number of carbonyl (C=O) groups excluding carboxylic acids is 3. The molecule has 0 spiro atoms. The molecule has 0 atom stereocenters. The summed E-state index contributed by atoms with van der Waals surface area (Å²) in [5, 5.41) is 7.97. The Morgan fingerprint density at radius 2 is 2.07 bits per heavy atom. The molecule has 0 fully saturated rings. The molecule has 0 saturated heterocycles. The molecule has 2 aromatic carbocycles. The first-order valence-corrected chi connectivity index (χ1v) is 8.26. The van der Waals surface area contributed by atoms with Gasteiger partial charge in [0.1, 0.15) is 0 Å². The molecular formula is C20H18N4O3. The number of carbonyl (C=O) groups is 3. The van der Waals surface area contributed by atoms with Crippen LogP contribution in [0.2, 0.25) is 0 Å². The van der Waals surface area contributed by atoms with Gasteiger partial charge in [0.15, 0.2) is 0 Å². The maximum Gasteiger partial charge on any atom is 0.251 e. The van der Waals surface area contributed by atoms with Crippen LogP contribution in [0.25, 0.3) is 0 Å².